The summed E-state index contributed by atoms with van der Waals surface area (Å²) in [5, 5.41) is 11.7. The average molecular weight is 415 g/mol. The fraction of sp³-hybridized carbons (Fsp3) is 0.476. The van der Waals surface area contributed by atoms with Gasteiger partial charge in [-0.15, -0.1) is 10.2 Å². The number of hydrogen-bond acceptors (Lipinski definition) is 7. The molecular formula is C21H30N6O3. The highest BCUT2D eigenvalue weighted by molar-refractivity contribution is 5.90. The van der Waals surface area contributed by atoms with Crippen LogP contribution in [0.4, 0.5) is 22.1 Å². The number of ether oxygens (including phenoxy) is 2. The first kappa shape index (κ1) is 21.5. The number of piperazine rings is 1. The third-order valence-electron chi connectivity index (χ3n) is 5.22. The Morgan fingerprint density at radius 2 is 1.63 bits per heavy atom. The van der Waals surface area contributed by atoms with Crippen molar-refractivity contribution < 1.29 is 14.3 Å². The van der Waals surface area contributed by atoms with Gasteiger partial charge in [-0.3, -0.25) is 0 Å². The maximum absolute atomic E-state index is 12.7. The molecule has 9 nitrogen and oxygen atoms in total. The van der Waals surface area contributed by atoms with Crippen molar-refractivity contribution in [1.82, 2.24) is 15.1 Å². The molecule has 30 heavy (non-hydrogen) atoms. The van der Waals surface area contributed by atoms with E-state index in [9.17, 15) is 4.79 Å². The van der Waals surface area contributed by atoms with E-state index in [4.69, 9.17) is 9.47 Å². The predicted octanol–water partition coefficient (Wildman–Crippen LogP) is 2.69. The molecule has 0 spiro atoms. The molecule has 0 bridgehead atoms. The van der Waals surface area contributed by atoms with Gasteiger partial charge in [-0.2, -0.15) is 0 Å². The van der Waals surface area contributed by atoms with Crippen LogP contribution in [0.25, 0.3) is 0 Å². The first-order chi connectivity index (χ1) is 14.6. The Morgan fingerprint density at radius 3 is 2.13 bits per heavy atom. The van der Waals surface area contributed by atoms with Gasteiger partial charge in [0.2, 0.25) is 0 Å². The molecule has 9 heteroatoms. The number of carbonyl (C=O) groups excluding carboxylic acids is 1. The molecule has 0 aliphatic carbocycles. The summed E-state index contributed by atoms with van der Waals surface area (Å²) < 4.78 is 10.5. The van der Waals surface area contributed by atoms with Gasteiger partial charge < -0.3 is 29.5 Å². The van der Waals surface area contributed by atoms with Gasteiger partial charge in [-0.25, -0.2) is 4.79 Å². The lowest BCUT2D eigenvalue weighted by Gasteiger charge is -2.35. The number of rotatable bonds is 7. The molecule has 1 saturated heterocycles. The summed E-state index contributed by atoms with van der Waals surface area (Å²) in [5.41, 5.74) is 0.636. The highest BCUT2D eigenvalue weighted by atomic mass is 16.5. The molecule has 0 saturated carbocycles. The van der Waals surface area contributed by atoms with Crippen LogP contribution in [-0.4, -0.2) is 74.6 Å². The highest BCUT2D eigenvalue weighted by Gasteiger charge is 2.22. The van der Waals surface area contributed by atoms with Crippen LogP contribution in [0.15, 0.2) is 30.3 Å². The number of methoxy groups -OCH3 is 2. The van der Waals surface area contributed by atoms with Gasteiger partial charge in [0.1, 0.15) is 11.5 Å². The number of nitrogens with zero attached hydrogens (tertiary/aromatic N) is 5. The van der Waals surface area contributed by atoms with Crippen LogP contribution in [0.5, 0.6) is 11.5 Å². The Balaban J connectivity index is 1.57. The lowest BCUT2D eigenvalue weighted by atomic mass is 10.2. The molecule has 0 unspecified atom stereocenters. The van der Waals surface area contributed by atoms with Crippen molar-refractivity contribution in [2.75, 3.05) is 68.6 Å². The number of aromatic nitrogens is 2. The molecule has 2 aromatic rings. The largest absolute Gasteiger partial charge is 0.497 e. The summed E-state index contributed by atoms with van der Waals surface area (Å²) in [6.45, 7) is 8.62. The topological polar surface area (TPSA) is 83.1 Å². The van der Waals surface area contributed by atoms with Crippen molar-refractivity contribution in [3.63, 3.8) is 0 Å². The Hall–Kier alpha value is -3.23. The molecular weight excluding hydrogens is 384 g/mol. The number of nitrogens with one attached hydrogen (secondary N) is 1. The third-order valence-corrected chi connectivity index (χ3v) is 5.22. The summed E-state index contributed by atoms with van der Waals surface area (Å²) in [6.07, 6.45) is 0. The SMILES string of the molecule is CCN(CC)c1ccc(N2CCN(C(=O)Nc3cc(OC)cc(OC)c3)CC2)nn1. The Labute approximate surface area is 177 Å². The van der Waals surface area contributed by atoms with E-state index in [1.54, 1.807) is 37.3 Å². The van der Waals surface area contributed by atoms with E-state index in [0.29, 0.717) is 43.4 Å². The maximum atomic E-state index is 12.7. The molecule has 3 rings (SSSR count). The van der Waals surface area contributed by atoms with Gasteiger partial charge in [-0.05, 0) is 26.0 Å². The molecule has 1 aromatic carbocycles. The van der Waals surface area contributed by atoms with Crippen LogP contribution in [0.1, 0.15) is 13.8 Å². The number of benzene rings is 1. The van der Waals surface area contributed by atoms with E-state index in [0.717, 1.165) is 24.7 Å². The number of amides is 2. The first-order valence-electron chi connectivity index (χ1n) is 10.2. The van der Waals surface area contributed by atoms with Crippen LogP contribution in [0.2, 0.25) is 0 Å². The minimum absolute atomic E-state index is 0.145. The second-order valence-electron chi connectivity index (χ2n) is 6.93. The van der Waals surface area contributed by atoms with Crippen LogP contribution in [-0.2, 0) is 0 Å². The van der Waals surface area contributed by atoms with E-state index in [2.05, 4.69) is 39.2 Å². The Bertz CT molecular complexity index is 811. The second kappa shape index (κ2) is 10.00. The molecule has 1 aromatic heterocycles. The Kier molecular flexibility index (Phi) is 7.16. The molecule has 1 fully saturated rings. The van der Waals surface area contributed by atoms with Gasteiger partial charge in [0, 0.05) is 63.2 Å². The van der Waals surface area contributed by atoms with Gasteiger partial charge >= 0.3 is 6.03 Å². The van der Waals surface area contributed by atoms with E-state index < -0.39 is 0 Å². The lowest BCUT2D eigenvalue weighted by Crippen LogP contribution is -2.50. The van der Waals surface area contributed by atoms with Crippen molar-refractivity contribution in [1.29, 1.82) is 0 Å². The summed E-state index contributed by atoms with van der Waals surface area (Å²) in [5.74, 6) is 2.97. The van der Waals surface area contributed by atoms with E-state index in [1.807, 2.05) is 12.1 Å². The quantitative estimate of drug-likeness (QED) is 0.746. The van der Waals surface area contributed by atoms with Crippen LogP contribution in [0, 0.1) is 0 Å². The van der Waals surface area contributed by atoms with E-state index >= 15 is 0 Å². The van der Waals surface area contributed by atoms with Gasteiger partial charge in [0.15, 0.2) is 11.6 Å². The monoisotopic (exact) mass is 414 g/mol. The van der Waals surface area contributed by atoms with Crippen LogP contribution >= 0.6 is 0 Å². The zero-order valence-electron chi connectivity index (χ0n) is 18.1. The molecule has 0 radical (unpaired) electrons. The lowest BCUT2D eigenvalue weighted by molar-refractivity contribution is 0.208. The van der Waals surface area contributed by atoms with Crippen LogP contribution < -0.4 is 24.6 Å². The molecule has 1 aliphatic rings. The Morgan fingerprint density at radius 1 is 1.00 bits per heavy atom. The number of anilines is 3. The van der Waals surface area contributed by atoms with E-state index in [1.165, 1.54) is 0 Å². The molecule has 2 amide bonds. The highest BCUT2D eigenvalue weighted by Crippen LogP contribution is 2.26. The van der Waals surface area contributed by atoms with Crippen LogP contribution in [0.3, 0.4) is 0 Å². The molecule has 1 N–H and O–H groups in total. The average Bonchev–Trinajstić information content (AvgIpc) is 2.80. The van der Waals surface area contributed by atoms with Crippen molar-refractivity contribution >= 4 is 23.4 Å². The minimum Gasteiger partial charge on any atom is -0.497 e. The number of urea groups is 1. The summed E-state index contributed by atoms with van der Waals surface area (Å²) in [6, 6.07) is 9.16. The van der Waals surface area contributed by atoms with Crippen molar-refractivity contribution in [3.8, 4) is 11.5 Å². The van der Waals surface area contributed by atoms with Gasteiger partial charge in [0.25, 0.3) is 0 Å². The predicted molar refractivity (Wildman–Crippen MR) is 118 cm³/mol. The van der Waals surface area contributed by atoms with E-state index in [-0.39, 0.29) is 6.03 Å². The smallest absolute Gasteiger partial charge is 0.321 e. The molecule has 2 heterocycles. The fourth-order valence-corrected chi connectivity index (χ4v) is 3.42. The fourth-order valence-electron chi connectivity index (χ4n) is 3.42. The zero-order valence-corrected chi connectivity index (χ0v) is 18.1. The summed E-state index contributed by atoms with van der Waals surface area (Å²) >= 11 is 0. The standard InChI is InChI=1S/C21H30N6O3/c1-5-25(6-2)19-7-8-20(24-23-19)26-9-11-27(12-10-26)21(28)22-16-13-17(29-3)15-18(14-16)30-4/h7-8,13-15H,5-6,9-12H2,1-4H3,(H,22,28). The number of carbonyl (C=O) groups is 1. The summed E-state index contributed by atoms with van der Waals surface area (Å²) in [4.78, 5) is 18.8. The second-order valence-corrected chi connectivity index (χ2v) is 6.93. The molecule has 1 aliphatic heterocycles. The normalized spacial score (nSPS) is 13.7. The van der Waals surface area contributed by atoms with Crippen molar-refractivity contribution in [2.24, 2.45) is 0 Å². The maximum Gasteiger partial charge on any atom is 0.321 e. The first-order valence-corrected chi connectivity index (χ1v) is 10.2. The molecule has 0 atom stereocenters. The van der Waals surface area contributed by atoms with Crippen molar-refractivity contribution in [2.45, 2.75) is 13.8 Å². The summed E-state index contributed by atoms with van der Waals surface area (Å²) in [7, 11) is 3.16. The van der Waals surface area contributed by atoms with Gasteiger partial charge in [-0.1, -0.05) is 0 Å². The van der Waals surface area contributed by atoms with Gasteiger partial charge in [0.05, 0.1) is 14.2 Å². The zero-order chi connectivity index (χ0) is 21.5. The molecule has 162 valence electrons. The number of hydrogen-bond donors (Lipinski definition) is 1. The van der Waals surface area contributed by atoms with Crippen molar-refractivity contribution in [3.05, 3.63) is 30.3 Å². The third kappa shape index (κ3) is 5.03. The minimum atomic E-state index is -0.145.